The summed E-state index contributed by atoms with van der Waals surface area (Å²) in [5.41, 5.74) is 0. The van der Waals surface area contributed by atoms with Crippen molar-refractivity contribution >= 4 is 11.9 Å². The van der Waals surface area contributed by atoms with Crippen LogP contribution in [0.1, 0.15) is 64.7 Å². The van der Waals surface area contributed by atoms with Crippen LogP contribution in [0.25, 0.3) is 0 Å². The van der Waals surface area contributed by atoms with Gasteiger partial charge in [0.15, 0.2) is 0 Å². The third kappa shape index (κ3) is 5.07. The second-order valence-electron chi connectivity index (χ2n) is 5.24. The number of carboxylic acids is 1. The third-order valence-corrected chi connectivity index (χ3v) is 3.71. The number of hydrogen-bond donors (Lipinski definition) is 2. The van der Waals surface area contributed by atoms with Gasteiger partial charge in [0.25, 0.3) is 0 Å². The summed E-state index contributed by atoms with van der Waals surface area (Å²) in [6, 6.07) is -0.681. The number of carbonyl (C=O) groups excluding carboxylic acids is 1. The van der Waals surface area contributed by atoms with Crippen LogP contribution in [0.15, 0.2) is 0 Å². The molecule has 1 aliphatic rings. The number of unbranched alkanes of at least 4 members (excludes halogenated alkanes) is 2. The van der Waals surface area contributed by atoms with E-state index in [4.69, 9.17) is 0 Å². The number of hydrogen-bond acceptors (Lipinski definition) is 2. The number of aliphatic carboxylic acids is 1. The van der Waals surface area contributed by atoms with Gasteiger partial charge in [0.05, 0.1) is 0 Å². The van der Waals surface area contributed by atoms with E-state index in [-0.39, 0.29) is 11.8 Å². The number of rotatable bonds is 7. The van der Waals surface area contributed by atoms with Gasteiger partial charge in [-0.2, -0.15) is 0 Å². The van der Waals surface area contributed by atoms with Crippen LogP contribution in [-0.4, -0.2) is 23.0 Å². The van der Waals surface area contributed by atoms with E-state index in [2.05, 4.69) is 12.2 Å². The maximum absolute atomic E-state index is 11.7. The molecule has 0 aromatic rings. The first-order chi connectivity index (χ1) is 8.65. The molecule has 4 heteroatoms. The Kier molecular flexibility index (Phi) is 6.76. The van der Waals surface area contributed by atoms with Crippen molar-refractivity contribution in [3.63, 3.8) is 0 Å². The Hall–Kier alpha value is -1.06. The smallest absolute Gasteiger partial charge is 0.326 e. The molecule has 104 valence electrons. The van der Waals surface area contributed by atoms with E-state index < -0.39 is 12.0 Å². The molecule has 0 heterocycles. The lowest BCUT2D eigenvalue weighted by molar-refractivity contribution is -0.143. The van der Waals surface area contributed by atoms with Gasteiger partial charge in [-0.3, -0.25) is 4.79 Å². The summed E-state index contributed by atoms with van der Waals surface area (Å²) < 4.78 is 0. The Morgan fingerprint density at radius 3 is 2.44 bits per heavy atom. The van der Waals surface area contributed by atoms with E-state index in [1.807, 2.05) is 0 Å². The number of carbonyl (C=O) groups is 2. The van der Waals surface area contributed by atoms with Gasteiger partial charge in [0.1, 0.15) is 6.04 Å². The van der Waals surface area contributed by atoms with Crippen molar-refractivity contribution in [1.29, 1.82) is 0 Å². The van der Waals surface area contributed by atoms with Crippen molar-refractivity contribution in [2.75, 3.05) is 0 Å². The molecule has 1 fully saturated rings. The van der Waals surface area contributed by atoms with Gasteiger partial charge in [-0.15, -0.1) is 0 Å². The minimum Gasteiger partial charge on any atom is -0.480 e. The highest BCUT2D eigenvalue weighted by molar-refractivity contribution is 5.83. The Labute approximate surface area is 109 Å². The summed E-state index contributed by atoms with van der Waals surface area (Å²) in [6.07, 6.45) is 8.59. The first-order valence-corrected chi connectivity index (χ1v) is 7.17. The number of amides is 1. The molecule has 1 saturated carbocycles. The molecule has 0 spiro atoms. The lowest BCUT2D eigenvalue weighted by Crippen LogP contribution is -2.46. The predicted molar refractivity (Wildman–Crippen MR) is 70.3 cm³/mol. The van der Waals surface area contributed by atoms with Gasteiger partial charge in [-0.05, 0) is 25.2 Å². The van der Waals surface area contributed by atoms with Gasteiger partial charge in [-0.1, -0.05) is 39.0 Å². The monoisotopic (exact) mass is 255 g/mol. The fraction of sp³-hybridized carbons (Fsp3) is 0.857. The molecular formula is C14H25NO3. The second-order valence-corrected chi connectivity index (χ2v) is 5.24. The van der Waals surface area contributed by atoms with E-state index in [9.17, 15) is 14.7 Å². The molecule has 1 rings (SSSR count). The van der Waals surface area contributed by atoms with Gasteiger partial charge in [0.2, 0.25) is 5.91 Å². The van der Waals surface area contributed by atoms with Crippen molar-refractivity contribution in [2.24, 2.45) is 5.92 Å². The van der Waals surface area contributed by atoms with E-state index >= 15 is 0 Å². The van der Waals surface area contributed by atoms with Gasteiger partial charge < -0.3 is 10.4 Å². The lowest BCUT2D eigenvalue weighted by atomic mass is 9.84. The summed E-state index contributed by atoms with van der Waals surface area (Å²) >= 11 is 0. The van der Waals surface area contributed by atoms with E-state index in [0.29, 0.717) is 6.42 Å². The summed E-state index contributed by atoms with van der Waals surface area (Å²) in [5.74, 6) is -0.876. The highest BCUT2D eigenvalue weighted by atomic mass is 16.4. The third-order valence-electron chi connectivity index (χ3n) is 3.71. The molecule has 18 heavy (non-hydrogen) atoms. The van der Waals surface area contributed by atoms with E-state index in [1.165, 1.54) is 6.42 Å². The standard InChI is InChI=1S/C14H25NO3/c1-2-3-5-10-12(16)15-13(14(17)18)11-8-6-4-7-9-11/h11,13H,2-10H2,1H3,(H,15,16)(H,17,18). The van der Waals surface area contributed by atoms with Crippen LogP contribution in [0.5, 0.6) is 0 Å². The molecule has 2 N–H and O–H groups in total. The molecule has 1 atom stereocenters. The van der Waals surface area contributed by atoms with Crippen molar-refractivity contribution < 1.29 is 14.7 Å². The molecule has 0 bridgehead atoms. The van der Waals surface area contributed by atoms with Crippen LogP contribution in [0.4, 0.5) is 0 Å². The van der Waals surface area contributed by atoms with Crippen molar-refractivity contribution in [2.45, 2.75) is 70.8 Å². The summed E-state index contributed by atoms with van der Waals surface area (Å²) in [4.78, 5) is 23.0. The second kappa shape index (κ2) is 8.11. The van der Waals surface area contributed by atoms with Gasteiger partial charge >= 0.3 is 5.97 Å². The fourth-order valence-electron chi connectivity index (χ4n) is 2.63. The first kappa shape index (κ1) is 15.0. The Morgan fingerprint density at radius 2 is 1.89 bits per heavy atom. The average Bonchev–Trinajstić information content (AvgIpc) is 2.37. The Balaban J connectivity index is 2.41. The molecular weight excluding hydrogens is 230 g/mol. The molecule has 4 nitrogen and oxygen atoms in total. The average molecular weight is 255 g/mol. The molecule has 0 radical (unpaired) electrons. The largest absolute Gasteiger partial charge is 0.480 e. The molecule has 0 saturated heterocycles. The van der Waals surface area contributed by atoms with Crippen molar-refractivity contribution in [3.8, 4) is 0 Å². The highest BCUT2D eigenvalue weighted by Gasteiger charge is 2.30. The lowest BCUT2D eigenvalue weighted by Gasteiger charge is -2.28. The predicted octanol–water partition coefficient (Wildman–Crippen LogP) is 2.72. The van der Waals surface area contributed by atoms with Crippen LogP contribution in [0.3, 0.4) is 0 Å². The van der Waals surface area contributed by atoms with E-state index in [0.717, 1.165) is 44.9 Å². The minimum atomic E-state index is -0.884. The first-order valence-electron chi connectivity index (χ1n) is 7.17. The van der Waals surface area contributed by atoms with Crippen LogP contribution >= 0.6 is 0 Å². The summed E-state index contributed by atoms with van der Waals surface area (Å²) in [6.45, 7) is 2.08. The zero-order chi connectivity index (χ0) is 13.4. The summed E-state index contributed by atoms with van der Waals surface area (Å²) in [5, 5.41) is 11.9. The summed E-state index contributed by atoms with van der Waals surface area (Å²) in [7, 11) is 0. The molecule has 0 aliphatic heterocycles. The molecule has 1 unspecified atom stereocenters. The number of nitrogens with one attached hydrogen (secondary N) is 1. The van der Waals surface area contributed by atoms with Crippen LogP contribution in [0, 0.1) is 5.92 Å². The minimum absolute atomic E-state index is 0.110. The van der Waals surface area contributed by atoms with Crippen LogP contribution in [0.2, 0.25) is 0 Å². The quantitative estimate of drug-likeness (QED) is 0.687. The zero-order valence-corrected chi connectivity index (χ0v) is 11.3. The topological polar surface area (TPSA) is 66.4 Å². The maximum Gasteiger partial charge on any atom is 0.326 e. The Bertz CT molecular complexity index is 272. The molecule has 0 aromatic heterocycles. The SMILES string of the molecule is CCCCCC(=O)NC(C(=O)O)C1CCCCC1. The van der Waals surface area contributed by atoms with Crippen LogP contribution < -0.4 is 5.32 Å². The molecule has 0 aromatic carbocycles. The maximum atomic E-state index is 11.7. The van der Waals surface area contributed by atoms with Gasteiger partial charge in [-0.25, -0.2) is 4.79 Å². The van der Waals surface area contributed by atoms with Crippen LogP contribution in [-0.2, 0) is 9.59 Å². The zero-order valence-electron chi connectivity index (χ0n) is 11.3. The fourth-order valence-corrected chi connectivity index (χ4v) is 2.63. The van der Waals surface area contributed by atoms with Gasteiger partial charge in [0, 0.05) is 6.42 Å². The van der Waals surface area contributed by atoms with Crippen molar-refractivity contribution in [1.82, 2.24) is 5.32 Å². The normalized spacial score (nSPS) is 18.3. The van der Waals surface area contributed by atoms with Crippen molar-refractivity contribution in [3.05, 3.63) is 0 Å². The highest BCUT2D eigenvalue weighted by Crippen LogP contribution is 2.26. The molecule has 1 aliphatic carbocycles. The molecule has 1 amide bonds. The van der Waals surface area contributed by atoms with E-state index in [1.54, 1.807) is 0 Å². The Morgan fingerprint density at radius 1 is 1.22 bits per heavy atom. The number of carboxylic acid groups (broad SMARTS) is 1.